The van der Waals surface area contributed by atoms with Crippen LogP contribution in [-0.2, 0) is 12.1 Å². The fourth-order valence-corrected chi connectivity index (χ4v) is 5.25. The molecular formula is C17H28N4. The minimum Gasteiger partial charge on any atom is -0.308 e. The van der Waals surface area contributed by atoms with Gasteiger partial charge in [0.05, 0.1) is 17.4 Å². The van der Waals surface area contributed by atoms with Crippen LogP contribution in [0.2, 0.25) is 0 Å². The van der Waals surface area contributed by atoms with Crippen molar-refractivity contribution in [1.29, 1.82) is 0 Å². The normalized spacial score (nSPS) is 38.1. The molecule has 0 aromatic carbocycles. The first-order valence-electron chi connectivity index (χ1n) is 8.67. The summed E-state index contributed by atoms with van der Waals surface area (Å²) in [5, 5.41) is 12.4. The summed E-state index contributed by atoms with van der Waals surface area (Å²) in [5.74, 6) is 4.08. The largest absolute Gasteiger partial charge is 0.308 e. The van der Waals surface area contributed by atoms with E-state index in [0.717, 1.165) is 42.0 Å². The van der Waals surface area contributed by atoms with E-state index in [2.05, 4.69) is 42.6 Å². The summed E-state index contributed by atoms with van der Waals surface area (Å²) in [7, 11) is 0. The molecule has 1 aromatic heterocycles. The minimum atomic E-state index is 0.0226. The maximum atomic E-state index is 4.32. The summed E-state index contributed by atoms with van der Waals surface area (Å²) in [4.78, 5) is 0. The molecule has 116 valence electrons. The summed E-state index contributed by atoms with van der Waals surface area (Å²) in [6, 6.07) is 0.731. The summed E-state index contributed by atoms with van der Waals surface area (Å²) in [5.41, 5.74) is 1.10. The zero-order valence-electron chi connectivity index (χ0n) is 13.5. The first-order chi connectivity index (χ1) is 10.0. The first-order valence-corrected chi connectivity index (χ1v) is 8.67. The zero-order valence-corrected chi connectivity index (χ0v) is 13.5. The Morgan fingerprint density at radius 2 is 2.00 bits per heavy atom. The molecule has 4 rings (SSSR count). The average molecular weight is 288 g/mol. The molecule has 1 aromatic rings. The van der Waals surface area contributed by atoms with Crippen molar-refractivity contribution in [1.82, 2.24) is 20.3 Å². The van der Waals surface area contributed by atoms with Gasteiger partial charge >= 0.3 is 0 Å². The number of aromatic nitrogens is 3. The van der Waals surface area contributed by atoms with Gasteiger partial charge in [0.1, 0.15) is 0 Å². The van der Waals surface area contributed by atoms with Crippen LogP contribution in [0.1, 0.15) is 58.6 Å². The summed E-state index contributed by atoms with van der Waals surface area (Å²) in [6.07, 6.45) is 9.47. The Morgan fingerprint density at radius 1 is 1.19 bits per heavy atom. The smallest absolute Gasteiger partial charge is 0.0965 e. The zero-order chi connectivity index (χ0) is 14.6. The van der Waals surface area contributed by atoms with Gasteiger partial charge in [-0.2, -0.15) is 0 Å². The summed E-state index contributed by atoms with van der Waals surface area (Å²) in [6.45, 7) is 7.36. The van der Waals surface area contributed by atoms with E-state index in [-0.39, 0.29) is 5.54 Å². The molecule has 0 saturated heterocycles. The van der Waals surface area contributed by atoms with Crippen molar-refractivity contribution in [3.05, 3.63) is 11.9 Å². The number of hydrogen-bond donors (Lipinski definition) is 1. The highest BCUT2D eigenvalue weighted by molar-refractivity contribution is 5.06. The van der Waals surface area contributed by atoms with Gasteiger partial charge in [-0.25, -0.2) is 4.68 Å². The van der Waals surface area contributed by atoms with Gasteiger partial charge in [-0.05, 0) is 70.1 Å². The van der Waals surface area contributed by atoms with Crippen molar-refractivity contribution in [2.45, 2.75) is 71.0 Å². The van der Waals surface area contributed by atoms with Crippen LogP contribution < -0.4 is 5.32 Å². The number of fused-ring (bicyclic) bond motifs is 5. The maximum Gasteiger partial charge on any atom is 0.0965 e. The number of nitrogens with one attached hydrogen (secondary N) is 1. The highest BCUT2D eigenvalue weighted by Crippen LogP contribution is 2.58. The number of rotatable bonds is 3. The molecule has 1 heterocycles. The maximum absolute atomic E-state index is 4.32. The molecular weight excluding hydrogens is 260 g/mol. The molecule has 2 bridgehead atoms. The van der Waals surface area contributed by atoms with Gasteiger partial charge in [0.2, 0.25) is 0 Å². The van der Waals surface area contributed by atoms with Gasteiger partial charge < -0.3 is 5.32 Å². The van der Waals surface area contributed by atoms with E-state index in [4.69, 9.17) is 0 Å². The molecule has 0 amide bonds. The third-order valence-electron chi connectivity index (χ3n) is 6.20. The summed E-state index contributed by atoms with van der Waals surface area (Å²) < 4.78 is 1.97. The second kappa shape index (κ2) is 4.80. The molecule has 3 aliphatic rings. The number of nitrogens with zero attached hydrogens (tertiary/aromatic N) is 3. The van der Waals surface area contributed by atoms with Crippen molar-refractivity contribution in [3.63, 3.8) is 0 Å². The molecule has 3 saturated carbocycles. The second-order valence-corrected chi connectivity index (χ2v) is 8.47. The molecule has 3 aliphatic carbocycles. The van der Waals surface area contributed by atoms with Gasteiger partial charge in [0.25, 0.3) is 0 Å². The Morgan fingerprint density at radius 3 is 2.76 bits per heavy atom. The quantitative estimate of drug-likeness (QED) is 0.930. The fraction of sp³-hybridized carbons (Fsp3) is 0.882. The highest BCUT2D eigenvalue weighted by atomic mass is 15.4. The van der Waals surface area contributed by atoms with Gasteiger partial charge in [-0.3, -0.25) is 0 Å². The lowest BCUT2D eigenvalue weighted by Crippen LogP contribution is -2.39. The van der Waals surface area contributed by atoms with E-state index in [1.165, 1.54) is 32.1 Å². The average Bonchev–Trinajstić information content (AvgIpc) is 3.16. The van der Waals surface area contributed by atoms with Gasteiger partial charge in [0, 0.05) is 12.6 Å². The molecule has 0 aliphatic heterocycles. The predicted molar refractivity (Wildman–Crippen MR) is 82.7 cm³/mol. The van der Waals surface area contributed by atoms with Crippen LogP contribution >= 0.6 is 0 Å². The monoisotopic (exact) mass is 288 g/mol. The van der Waals surface area contributed by atoms with Crippen LogP contribution in [0.5, 0.6) is 0 Å². The van der Waals surface area contributed by atoms with Crippen LogP contribution in [0.15, 0.2) is 6.20 Å². The Balaban J connectivity index is 1.37. The van der Waals surface area contributed by atoms with Gasteiger partial charge in [0.15, 0.2) is 0 Å². The molecule has 21 heavy (non-hydrogen) atoms. The molecule has 3 fully saturated rings. The van der Waals surface area contributed by atoms with Crippen molar-refractivity contribution in [2.24, 2.45) is 23.7 Å². The van der Waals surface area contributed by atoms with E-state index in [0.29, 0.717) is 0 Å². The van der Waals surface area contributed by atoms with E-state index in [1.807, 2.05) is 4.68 Å². The first kappa shape index (κ1) is 13.7. The molecule has 5 atom stereocenters. The highest BCUT2D eigenvalue weighted by Gasteiger charge is 2.53. The number of hydrogen-bond acceptors (Lipinski definition) is 3. The molecule has 0 radical (unpaired) electrons. The molecule has 0 spiro atoms. The molecule has 5 unspecified atom stereocenters. The SMILES string of the molecule is CC(C)(C)n1cc(CNC2CC3CC2C2CCCC32)nn1. The second-order valence-electron chi connectivity index (χ2n) is 8.47. The van der Waals surface area contributed by atoms with Crippen LogP contribution in [0.3, 0.4) is 0 Å². The Bertz CT molecular complexity index is 515. The van der Waals surface area contributed by atoms with Crippen LogP contribution in [0.25, 0.3) is 0 Å². The van der Waals surface area contributed by atoms with E-state index >= 15 is 0 Å². The van der Waals surface area contributed by atoms with Crippen molar-refractivity contribution in [3.8, 4) is 0 Å². The van der Waals surface area contributed by atoms with Crippen LogP contribution in [0, 0.1) is 23.7 Å². The topological polar surface area (TPSA) is 42.7 Å². The van der Waals surface area contributed by atoms with Gasteiger partial charge in [-0.1, -0.05) is 11.6 Å². The Hall–Kier alpha value is -0.900. The Labute approximate surface area is 127 Å². The Kier molecular flexibility index (Phi) is 3.14. The van der Waals surface area contributed by atoms with E-state index < -0.39 is 0 Å². The van der Waals surface area contributed by atoms with Crippen LogP contribution in [-0.4, -0.2) is 21.0 Å². The third-order valence-corrected chi connectivity index (χ3v) is 6.20. The van der Waals surface area contributed by atoms with Crippen molar-refractivity contribution in [2.75, 3.05) is 0 Å². The van der Waals surface area contributed by atoms with Gasteiger partial charge in [-0.15, -0.1) is 5.10 Å². The standard InChI is InChI=1S/C17H28N4/c1-17(2,3)21-10-12(19-20-21)9-18-16-8-11-7-15(16)14-6-4-5-13(11)14/h10-11,13-16,18H,4-9H2,1-3H3. The molecule has 1 N–H and O–H groups in total. The summed E-state index contributed by atoms with van der Waals surface area (Å²) >= 11 is 0. The molecule has 4 heteroatoms. The van der Waals surface area contributed by atoms with E-state index in [1.54, 1.807) is 0 Å². The van der Waals surface area contributed by atoms with Crippen molar-refractivity contribution >= 4 is 0 Å². The third kappa shape index (κ3) is 2.32. The lowest BCUT2D eigenvalue weighted by atomic mass is 9.79. The van der Waals surface area contributed by atoms with Crippen LogP contribution in [0.4, 0.5) is 0 Å². The molecule has 4 nitrogen and oxygen atoms in total. The fourth-order valence-electron chi connectivity index (χ4n) is 5.25. The van der Waals surface area contributed by atoms with E-state index in [9.17, 15) is 0 Å². The lowest BCUT2D eigenvalue weighted by molar-refractivity contribution is 0.207. The predicted octanol–water partition coefficient (Wildman–Crippen LogP) is 2.95. The minimum absolute atomic E-state index is 0.0226. The van der Waals surface area contributed by atoms with Crippen molar-refractivity contribution < 1.29 is 0 Å². The lowest BCUT2D eigenvalue weighted by Gasteiger charge is -2.32.